The third-order valence-corrected chi connectivity index (χ3v) is 5.22. The first-order valence-corrected chi connectivity index (χ1v) is 11.1. The quantitative estimate of drug-likeness (QED) is 0.243. The molecule has 6 nitrogen and oxygen atoms in total. The second-order valence-corrected chi connectivity index (χ2v) is 7.62. The van der Waals surface area contributed by atoms with Crippen molar-refractivity contribution in [3.05, 3.63) is 35.4 Å². The van der Waals surface area contributed by atoms with Crippen molar-refractivity contribution in [2.45, 2.75) is 65.0 Å². The van der Waals surface area contributed by atoms with Gasteiger partial charge < -0.3 is 15.4 Å². The molecule has 29 heavy (non-hydrogen) atoms. The Morgan fingerprint density at radius 1 is 1.03 bits per heavy atom. The molecule has 0 aliphatic carbocycles. The van der Waals surface area contributed by atoms with Gasteiger partial charge in [-0.2, -0.15) is 0 Å². The van der Waals surface area contributed by atoms with Gasteiger partial charge in [-0.3, -0.25) is 14.7 Å². The molecule has 162 valence electrons. The van der Waals surface area contributed by atoms with E-state index in [0.29, 0.717) is 13.0 Å². The molecule has 1 saturated heterocycles. The number of aliphatic imine (C=N–C) groups is 1. The number of unbranched alkanes of at least 4 members (excludes halogenated alkanes) is 3. The molecule has 0 spiro atoms. The van der Waals surface area contributed by atoms with Gasteiger partial charge in [0.2, 0.25) is 0 Å². The van der Waals surface area contributed by atoms with Crippen LogP contribution in [0.5, 0.6) is 0 Å². The van der Waals surface area contributed by atoms with Crippen molar-refractivity contribution in [1.29, 1.82) is 0 Å². The van der Waals surface area contributed by atoms with E-state index in [-0.39, 0.29) is 5.97 Å². The second kappa shape index (κ2) is 14.0. The summed E-state index contributed by atoms with van der Waals surface area (Å²) in [6.07, 6.45) is 7.32. The van der Waals surface area contributed by atoms with Crippen LogP contribution < -0.4 is 10.6 Å². The van der Waals surface area contributed by atoms with Crippen LogP contribution in [-0.4, -0.2) is 50.1 Å². The van der Waals surface area contributed by atoms with Crippen LogP contribution in [-0.2, 0) is 22.6 Å². The summed E-state index contributed by atoms with van der Waals surface area (Å²) in [5, 5.41) is 6.74. The Morgan fingerprint density at radius 2 is 1.72 bits per heavy atom. The molecule has 0 atom stereocenters. The fourth-order valence-electron chi connectivity index (χ4n) is 3.56. The van der Waals surface area contributed by atoms with Gasteiger partial charge in [0, 0.05) is 33.1 Å². The highest BCUT2D eigenvalue weighted by Crippen LogP contribution is 2.13. The number of hydrogen-bond acceptors (Lipinski definition) is 4. The number of nitrogens with zero attached hydrogens (tertiary/aromatic N) is 2. The molecule has 0 radical (unpaired) electrons. The van der Waals surface area contributed by atoms with Gasteiger partial charge in [-0.05, 0) is 56.8 Å². The number of nitrogens with one attached hydrogen (secondary N) is 2. The molecule has 1 heterocycles. The predicted octanol–water partition coefficient (Wildman–Crippen LogP) is 3.46. The van der Waals surface area contributed by atoms with Gasteiger partial charge in [0.05, 0.1) is 6.61 Å². The van der Waals surface area contributed by atoms with E-state index in [1.165, 1.54) is 37.1 Å². The Kier molecular flexibility index (Phi) is 11.2. The van der Waals surface area contributed by atoms with Crippen LogP contribution in [0.2, 0.25) is 0 Å². The number of esters is 1. The summed E-state index contributed by atoms with van der Waals surface area (Å²) in [4.78, 5) is 18.1. The summed E-state index contributed by atoms with van der Waals surface area (Å²) in [6, 6.07) is 8.88. The second-order valence-electron chi connectivity index (χ2n) is 7.62. The minimum atomic E-state index is -0.0840. The third kappa shape index (κ3) is 9.79. The summed E-state index contributed by atoms with van der Waals surface area (Å²) in [7, 11) is 1.80. The smallest absolute Gasteiger partial charge is 0.305 e. The van der Waals surface area contributed by atoms with Gasteiger partial charge in [0.25, 0.3) is 0 Å². The zero-order valence-corrected chi connectivity index (χ0v) is 18.2. The molecule has 1 aromatic carbocycles. The number of hydrogen-bond donors (Lipinski definition) is 2. The van der Waals surface area contributed by atoms with Crippen LogP contribution in [0, 0.1) is 0 Å². The van der Waals surface area contributed by atoms with E-state index in [2.05, 4.69) is 44.8 Å². The normalized spacial score (nSPS) is 14.8. The van der Waals surface area contributed by atoms with Gasteiger partial charge in [-0.15, -0.1) is 0 Å². The van der Waals surface area contributed by atoms with E-state index in [4.69, 9.17) is 4.74 Å². The lowest BCUT2D eigenvalue weighted by molar-refractivity contribution is -0.143. The molecule has 1 aliphatic rings. The van der Waals surface area contributed by atoms with E-state index in [1.807, 2.05) is 6.92 Å². The van der Waals surface area contributed by atoms with E-state index in [9.17, 15) is 4.79 Å². The van der Waals surface area contributed by atoms with Crippen molar-refractivity contribution in [2.75, 3.05) is 33.3 Å². The lowest BCUT2D eigenvalue weighted by Crippen LogP contribution is -2.37. The standard InChI is InChI=1S/C23H38N4O2/c1-3-29-22(28)10-6-4-5-7-15-25-23(24-2)26-18-20-11-13-21(14-12-20)19-27-16-8-9-17-27/h11-14H,3-10,15-19H2,1-2H3,(H2,24,25,26). The van der Waals surface area contributed by atoms with E-state index in [1.54, 1.807) is 7.05 Å². The number of carbonyl (C=O) groups excluding carboxylic acids is 1. The number of carbonyl (C=O) groups is 1. The SMILES string of the molecule is CCOC(=O)CCCCCCNC(=NC)NCc1ccc(CN2CCCC2)cc1. The summed E-state index contributed by atoms with van der Waals surface area (Å²) in [5.74, 6) is 0.747. The molecule has 6 heteroatoms. The van der Waals surface area contributed by atoms with E-state index in [0.717, 1.165) is 51.3 Å². The molecular weight excluding hydrogens is 364 g/mol. The van der Waals surface area contributed by atoms with E-state index < -0.39 is 0 Å². The van der Waals surface area contributed by atoms with Crippen molar-refractivity contribution in [3.8, 4) is 0 Å². The number of guanidine groups is 1. The Hall–Kier alpha value is -2.08. The Labute approximate surface area is 176 Å². The number of ether oxygens (including phenoxy) is 1. The minimum Gasteiger partial charge on any atom is -0.466 e. The Balaban J connectivity index is 1.55. The molecule has 0 unspecified atom stereocenters. The maximum absolute atomic E-state index is 11.3. The summed E-state index contributed by atoms with van der Waals surface area (Å²) < 4.78 is 4.94. The van der Waals surface area contributed by atoms with Gasteiger partial charge in [0.1, 0.15) is 0 Å². The van der Waals surface area contributed by atoms with Gasteiger partial charge in [0.15, 0.2) is 5.96 Å². The molecule has 0 bridgehead atoms. The molecule has 2 rings (SSSR count). The highest BCUT2D eigenvalue weighted by molar-refractivity contribution is 5.79. The van der Waals surface area contributed by atoms with Crippen LogP contribution in [0.3, 0.4) is 0 Å². The molecule has 0 aromatic heterocycles. The van der Waals surface area contributed by atoms with Crippen molar-refractivity contribution in [3.63, 3.8) is 0 Å². The van der Waals surface area contributed by atoms with E-state index >= 15 is 0 Å². The maximum Gasteiger partial charge on any atom is 0.305 e. The lowest BCUT2D eigenvalue weighted by Gasteiger charge is -2.15. The molecule has 0 saturated carbocycles. The highest BCUT2D eigenvalue weighted by Gasteiger charge is 2.11. The molecule has 1 aliphatic heterocycles. The first-order chi connectivity index (χ1) is 14.2. The molecule has 1 fully saturated rings. The van der Waals surface area contributed by atoms with Crippen molar-refractivity contribution < 1.29 is 9.53 Å². The molecular formula is C23H38N4O2. The Bertz CT molecular complexity index is 610. The fourth-order valence-corrected chi connectivity index (χ4v) is 3.56. The van der Waals surface area contributed by atoms with Crippen molar-refractivity contribution >= 4 is 11.9 Å². The maximum atomic E-state index is 11.3. The minimum absolute atomic E-state index is 0.0840. The summed E-state index contributed by atoms with van der Waals surface area (Å²) >= 11 is 0. The van der Waals surface area contributed by atoms with Gasteiger partial charge in [-0.25, -0.2) is 0 Å². The zero-order chi connectivity index (χ0) is 20.7. The monoisotopic (exact) mass is 402 g/mol. The van der Waals surface area contributed by atoms with Crippen LogP contribution in [0.1, 0.15) is 63.0 Å². The van der Waals surface area contributed by atoms with Gasteiger partial charge in [-0.1, -0.05) is 37.1 Å². The highest BCUT2D eigenvalue weighted by atomic mass is 16.5. The number of likely N-dealkylation sites (tertiary alicyclic amines) is 1. The average molecular weight is 403 g/mol. The average Bonchev–Trinajstić information content (AvgIpc) is 3.24. The van der Waals surface area contributed by atoms with Crippen molar-refractivity contribution in [1.82, 2.24) is 15.5 Å². The van der Waals surface area contributed by atoms with Crippen LogP contribution in [0.4, 0.5) is 0 Å². The lowest BCUT2D eigenvalue weighted by atomic mass is 10.1. The van der Waals surface area contributed by atoms with Crippen LogP contribution in [0.25, 0.3) is 0 Å². The largest absolute Gasteiger partial charge is 0.466 e. The van der Waals surface area contributed by atoms with Gasteiger partial charge >= 0.3 is 5.97 Å². The first kappa shape index (κ1) is 23.2. The van der Waals surface area contributed by atoms with Crippen LogP contribution >= 0.6 is 0 Å². The van der Waals surface area contributed by atoms with Crippen molar-refractivity contribution in [2.24, 2.45) is 4.99 Å². The predicted molar refractivity (Wildman–Crippen MR) is 119 cm³/mol. The fraction of sp³-hybridized carbons (Fsp3) is 0.652. The molecule has 2 N–H and O–H groups in total. The molecule has 1 aromatic rings. The topological polar surface area (TPSA) is 66.0 Å². The summed E-state index contributed by atoms with van der Waals surface area (Å²) in [6.45, 7) is 7.49. The number of benzene rings is 1. The summed E-state index contributed by atoms with van der Waals surface area (Å²) in [5.41, 5.74) is 2.65. The first-order valence-electron chi connectivity index (χ1n) is 11.1. The molecule has 0 amide bonds. The third-order valence-electron chi connectivity index (χ3n) is 5.22. The van der Waals surface area contributed by atoms with Crippen LogP contribution in [0.15, 0.2) is 29.3 Å². The Morgan fingerprint density at radius 3 is 2.41 bits per heavy atom. The zero-order valence-electron chi connectivity index (χ0n) is 18.2. The number of rotatable bonds is 12.